The number of hydrogen-bond acceptors (Lipinski definition) is 4. The topological polar surface area (TPSA) is 104 Å². The van der Waals surface area contributed by atoms with Gasteiger partial charge in [-0.2, -0.15) is 0 Å². The van der Waals surface area contributed by atoms with Crippen molar-refractivity contribution in [2.45, 2.75) is 32.8 Å². The molecule has 1 atom stereocenters. The van der Waals surface area contributed by atoms with Gasteiger partial charge in [-0.1, -0.05) is 13.8 Å². The molecule has 0 aromatic heterocycles. The van der Waals surface area contributed by atoms with Gasteiger partial charge in [0.05, 0.1) is 12.1 Å². The monoisotopic (exact) mass is 231 g/mol. The van der Waals surface area contributed by atoms with Gasteiger partial charge in [0.25, 0.3) is 0 Å². The summed E-state index contributed by atoms with van der Waals surface area (Å²) in [5.74, 6) is -0.135. The highest BCUT2D eigenvalue weighted by Gasteiger charge is 2.21. The summed E-state index contributed by atoms with van der Waals surface area (Å²) in [6.45, 7) is 5.96. The van der Waals surface area contributed by atoms with Gasteiger partial charge >= 0.3 is 6.03 Å². The van der Waals surface area contributed by atoms with Crippen LogP contribution in [0.1, 0.15) is 27.2 Å². The van der Waals surface area contributed by atoms with E-state index in [1.165, 1.54) is 0 Å². The Kier molecular flexibility index (Phi) is 5.98. The fourth-order valence-electron chi connectivity index (χ4n) is 1.58. The molecule has 0 aliphatic rings. The number of rotatable bonds is 6. The molecule has 0 rings (SSSR count). The van der Waals surface area contributed by atoms with Gasteiger partial charge < -0.3 is 16.2 Å². The third-order valence-corrected chi connectivity index (χ3v) is 1.90. The van der Waals surface area contributed by atoms with Gasteiger partial charge in [0.1, 0.15) is 0 Å². The first kappa shape index (κ1) is 14.9. The summed E-state index contributed by atoms with van der Waals surface area (Å²) in [5, 5.41) is 14.6. The summed E-state index contributed by atoms with van der Waals surface area (Å²) in [6, 6.07) is -0.874. The van der Waals surface area contributed by atoms with Crippen LogP contribution in [0.2, 0.25) is 0 Å². The molecule has 1 unspecified atom stereocenters. The zero-order valence-electron chi connectivity index (χ0n) is 10.0. The van der Waals surface area contributed by atoms with Gasteiger partial charge in [0.15, 0.2) is 0 Å². The Morgan fingerprint density at radius 3 is 2.44 bits per heavy atom. The van der Waals surface area contributed by atoms with Crippen LogP contribution in [0, 0.1) is 5.92 Å². The Bertz CT molecular complexity index is 252. The van der Waals surface area contributed by atoms with Crippen molar-refractivity contribution in [3.8, 4) is 0 Å². The molecule has 6 nitrogen and oxygen atoms in total. The Hall–Kier alpha value is -1.14. The minimum Gasteiger partial charge on any atom is -0.389 e. The number of amides is 3. The van der Waals surface area contributed by atoms with Crippen molar-refractivity contribution in [1.82, 2.24) is 10.6 Å². The van der Waals surface area contributed by atoms with E-state index in [-0.39, 0.29) is 13.1 Å². The molecule has 0 radical (unpaired) electrons. The number of carbonyl (C=O) groups excluding carboxylic acids is 2. The number of imide groups is 1. The Balaban J connectivity index is 3.80. The summed E-state index contributed by atoms with van der Waals surface area (Å²) >= 11 is 0. The van der Waals surface area contributed by atoms with E-state index in [1.54, 1.807) is 6.92 Å². The molecule has 3 amide bonds. The lowest BCUT2D eigenvalue weighted by Crippen LogP contribution is -2.45. The van der Waals surface area contributed by atoms with E-state index in [0.29, 0.717) is 12.3 Å². The molecule has 94 valence electrons. The van der Waals surface area contributed by atoms with Crippen molar-refractivity contribution in [1.29, 1.82) is 0 Å². The highest BCUT2D eigenvalue weighted by molar-refractivity contribution is 5.94. The zero-order valence-corrected chi connectivity index (χ0v) is 10.0. The molecule has 0 saturated heterocycles. The van der Waals surface area contributed by atoms with Crippen molar-refractivity contribution in [2.75, 3.05) is 13.1 Å². The summed E-state index contributed by atoms with van der Waals surface area (Å²) in [7, 11) is 0. The molecule has 0 saturated carbocycles. The first-order valence-corrected chi connectivity index (χ1v) is 5.25. The first-order chi connectivity index (χ1) is 7.23. The van der Waals surface area contributed by atoms with Crippen molar-refractivity contribution in [2.24, 2.45) is 11.7 Å². The van der Waals surface area contributed by atoms with Gasteiger partial charge in [-0.05, 0) is 19.3 Å². The minimum atomic E-state index is -0.874. The largest absolute Gasteiger partial charge is 0.389 e. The summed E-state index contributed by atoms with van der Waals surface area (Å²) in [6.07, 6.45) is 0.636. The fourth-order valence-corrected chi connectivity index (χ4v) is 1.58. The molecule has 0 fully saturated rings. The van der Waals surface area contributed by atoms with Crippen LogP contribution in [0.15, 0.2) is 0 Å². The van der Waals surface area contributed by atoms with Gasteiger partial charge in [-0.15, -0.1) is 0 Å². The van der Waals surface area contributed by atoms with Gasteiger partial charge in [-0.3, -0.25) is 10.1 Å². The fraction of sp³-hybridized carbons (Fsp3) is 0.800. The standard InChI is InChI=1S/C10H21N3O3/c1-7(2)4-10(3,16)6-12-5-8(14)13-9(11)15/h7,12,16H,4-6H2,1-3H3,(H3,11,13,14,15). The molecule has 0 heterocycles. The average molecular weight is 231 g/mol. The second kappa shape index (κ2) is 6.44. The first-order valence-electron chi connectivity index (χ1n) is 5.25. The summed E-state index contributed by atoms with van der Waals surface area (Å²) in [4.78, 5) is 21.3. The number of nitrogens with one attached hydrogen (secondary N) is 2. The predicted molar refractivity (Wildman–Crippen MR) is 60.7 cm³/mol. The predicted octanol–water partition coefficient (Wildman–Crippen LogP) is -0.432. The number of carbonyl (C=O) groups is 2. The molecule has 0 aromatic carbocycles. The van der Waals surface area contributed by atoms with E-state index >= 15 is 0 Å². The van der Waals surface area contributed by atoms with Crippen LogP contribution in [0.25, 0.3) is 0 Å². The second-order valence-electron chi connectivity index (χ2n) is 4.61. The molecule has 0 bridgehead atoms. The average Bonchev–Trinajstić information content (AvgIpc) is 1.98. The van der Waals surface area contributed by atoms with Gasteiger partial charge in [-0.25, -0.2) is 4.79 Å². The van der Waals surface area contributed by atoms with E-state index in [9.17, 15) is 14.7 Å². The molecule has 0 aliphatic heterocycles. The van der Waals surface area contributed by atoms with Crippen LogP contribution in [0.3, 0.4) is 0 Å². The quantitative estimate of drug-likeness (QED) is 0.497. The van der Waals surface area contributed by atoms with Crippen LogP contribution in [0.4, 0.5) is 4.79 Å². The number of primary amides is 1. The lowest BCUT2D eigenvalue weighted by atomic mass is 9.94. The smallest absolute Gasteiger partial charge is 0.318 e. The van der Waals surface area contributed by atoms with E-state index in [2.05, 4.69) is 5.32 Å². The number of aliphatic hydroxyl groups is 1. The Morgan fingerprint density at radius 2 is 2.00 bits per heavy atom. The van der Waals surface area contributed by atoms with E-state index in [0.717, 1.165) is 0 Å². The summed E-state index contributed by atoms with van der Waals surface area (Å²) < 4.78 is 0. The maximum Gasteiger partial charge on any atom is 0.318 e. The highest BCUT2D eigenvalue weighted by Crippen LogP contribution is 2.14. The molecule has 6 heteroatoms. The van der Waals surface area contributed by atoms with Crippen molar-refractivity contribution in [3.05, 3.63) is 0 Å². The van der Waals surface area contributed by atoms with Crippen molar-refractivity contribution >= 4 is 11.9 Å². The molecule has 5 N–H and O–H groups in total. The van der Waals surface area contributed by atoms with Gasteiger partial charge in [0.2, 0.25) is 5.91 Å². The maximum atomic E-state index is 11.0. The molecule has 16 heavy (non-hydrogen) atoms. The van der Waals surface area contributed by atoms with Crippen LogP contribution in [0.5, 0.6) is 0 Å². The van der Waals surface area contributed by atoms with Crippen LogP contribution >= 0.6 is 0 Å². The van der Waals surface area contributed by atoms with Crippen LogP contribution < -0.4 is 16.4 Å². The normalized spacial score (nSPS) is 14.6. The highest BCUT2D eigenvalue weighted by atomic mass is 16.3. The molecule has 0 aromatic rings. The Morgan fingerprint density at radius 1 is 1.44 bits per heavy atom. The zero-order chi connectivity index (χ0) is 12.8. The third kappa shape index (κ3) is 8.19. The second-order valence-corrected chi connectivity index (χ2v) is 4.61. The SMILES string of the molecule is CC(C)CC(C)(O)CNCC(=O)NC(N)=O. The van der Waals surface area contributed by atoms with Crippen molar-refractivity contribution in [3.63, 3.8) is 0 Å². The van der Waals surface area contributed by atoms with Crippen molar-refractivity contribution < 1.29 is 14.7 Å². The Labute approximate surface area is 95.6 Å². The lowest BCUT2D eigenvalue weighted by Gasteiger charge is -2.25. The number of hydrogen-bond donors (Lipinski definition) is 4. The minimum absolute atomic E-state index is 0.0445. The van der Waals surface area contributed by atoms with E-state index in [4.69, 9.17) is 5.73 Å². The lowest BCUT2D eigenvalue weighted by molar-refractivity contribution is -0.119. The number of urea groups is 1. The van der Waals surface area contributed by atoms with Crippen LogP contribution in [-0.2, 0) is 4.79 Å². The molecule has 0 aliphatic carbocycles. The third-order valence-electron chi connectivity index (χ3n) is 1.90. The number of nitrogens with two attached hydrogens (primary N) is 1. The van der Waals surface area contributed by atoms with Gasteiger partial charge in [0, 0.05) is 6.54 Å². The van der Waals surface area contributed by atoms with Crippen LogP contribution in [-0.4, -0.2) is 35.7 Å². The molecular weight excluding hydrogens is 210 g/mol. The molecular formula is C10H21N3O3. The van der Waals surface area contributed by atoms with E-state index in [1.807, 2.05) is 19.2 Å². The summed E-state index contributed by atoms with van der Waals surface area (Å²) in [5.41, 5.74) is 3.91. The van der Waals surface area contributed by atoms with E-state index < -0.39 is 17.5 Å². The maximum absolute atomic E-state index is 11.0. The molecule has 0 spiro atoms.